The highest BCUT2D eigenvalue weighted by atomic mass is 19.1. The minimum absolute atomic E-state index is 0.184. The first kappa shape index (κ1) is 15.7. The lowest BCUT2D eigenvalue weighted by atomic mass is 9.99. The van der Waals surface area contributed by atoms with Crippen molar-refractivity contribution in [2.75, 3.05) is 0 Å². The van der Waals surface area contributed by atoms with Gasteiger partial charge in [-0.3, -0.25) is 0 Å². The molecule has 112 valence electrons. The Bertz CT molecular complexity index is 521. The van der Waals surface area contributed by atoms with Crippen molar-refractivity contribution < 1.29 is 4.39 Å². The number of benzene rings is 2. The first-order chi connectivity index (χ1) is 10.2. The van der Waals surface area contributed by atoms with Gasteiger partial charge in [0.2, 0.25) is 0 Å². The van der Waals surface area contributed by atoms with Crippen LogP contribution >= 0.6 is 0 Å². The first-order valence-electron chi connectivity index (χ1n) is 7.77. The minimum atomic E-state index is -0.184. The third-order valence-electron chi connectivity index (χ3n) is 3.87. The molecule has 2 aromatic rings. The van der Waals surface area contributed by atoms with Gasteiger partial charge in [0.15, 0.2) is 0 Å². The Hall–Kier alpha value is -1.67. The SMILES string of the molecule is CCCCC(N[C@H](C)c1ccc(F)cc1)c1ccccc1. The van der Waals surface area contributed by atoms with E-state index in [-0.39, 0.29) is 11.9 Å². The van der Waals surface area contributed by atoms with E-state index in [2.05, 4.69) is 43.4 Å². The highest BCUT2D eigenvalue weighted by Crippen LogP contribution is 2.24. The number of hydrogen-bond donors (Lipinski definition) is 1. The summed E-state index contributed by atoms with van der Waals surface area (Å²) in [6.07, 6.45) is 3.50. The lowest BCUT2D eigenvalue weighted by Gasteiger charge is -2.24. The summed E-state index contributed by atoms with van der Waals surface area (Å²) >= 11 is 0. The van der Waals surface area contributed by atoms with Gasteiger partial charge < -0.3 is 5.32 Å². The van der Waals surface area contributed by atoms with Crippen LogP contribution in [0.4, 0.5) is 4.39 Å². The van der Waals surface area contributed by atoms with Crippen molar-refractivity contribution in [3.05, 3.63) is 71.5 Å². The van der Waals surface area contributed by atoms with Crippen molar-refractivity contribution in [1.82, 2.24) is 5.32 Å². The van der Waals surface area contributed by atoms with Crippen LogP contribution in [0.15, 0.2) is 54.6 Å². The van der Waals surface area contributed by atoms with Crippen molar-refractivity contribution >= 4 is 0 Å². The predicted molar refractivity (Wildman–Crippen MR) is 86.7 cm³/mol. The van der Waals surface area contributed by atoms with Crippen LogP contribution in [-0.2, 0) is 0 Å². The van der Waals surface area contributed by atoms with Gasteiger partial charge in [-0.25, -0.2) is 4.39 Å². The molecule has 21 heavy (non-hydrogen) atoms. The molecule has 2 heteroatoms. The van der Waals surface area contributed by atoms with Crippen LogP contribution < -0.4 is 5.32 Å². The molecule has 0 saturated carbocycles. The lowest BCUT2D eigenvalue weighted by Crippen LogP contribution is -2.24. The van der Waals surface area contributed by atoms with Crippen molar-refractivity contribution in [1.29, 1.82) is 0 Å². The molecule has 2 rings (SSSR count). The molecule has 0 aliphatic heterocycles. The summed E-state index contributed by atoms with van der Waals surface area (Å²) in [5.74, 6) is -0.184. The molecule has 1 unspecified atom stereocenters. The largest absolute Gasteiger partial charge is 0.303 e. The van der Waals surface area contributed by atoms with E-state index in [1.807, 2.05) is 18.2 Å². The summed E-state index contributed by atoms with van der Waals surface area (Å²) in [6.45, 7) is 4.35. The summed E-state index contributed by atoms with van der Waals surface area (Å²) in [5.41, 5.74) is 2.44. The topological polar surface area (TPSA) is 12.0 Å². The minimum Gasteiger partial charge on any atom is -0.303 e. The van der Waals surface area contributed by atoms with Crippen LogP contribution in [0, 0.1) is 5.82 Å². The zero-order valence-corrected chi connectivity index (χ0v) is 12.9. The second kappa shape index (κ2) is 7.94. The molecule has 0 bridgehead atoms. The Morgan fingerprint density at radius 2 is 1.62 bits per heavy atom. The van der Waals surface area contributed by atoms with E-state index in [9.17, 15) is 4.39 Å². The third kappa shape index (κ3) is 4.68. The van der Waals surface area contributed by atoms with Crippen LogP contribution in [0.1, 0.15) is 56.3 Å². The van der Waals surface area contributed by atoms with Crippen LogP contribution in [0.3, 0.4) is 0 Å². The van der Waals surface area contributed by atoms with Gasteiger partial charge in [0, 0.05) is 12.1 Å². The molecule has 1 nitrogen and oxygen atoms in total. The molecule has 0 spiro atoms. The molecule has 2 aromatic carbocycles. The van der Waals surface area contributed by atoms with Crippen molar-refractivity contribution in [3.63, 3.8) is 0 Å². The molecular weight excluding hydrogens is 261 g/mol. The number of unbranched alkanes of at least 4 members (excludes halogenated alkanes) is 1. The number of rotatable bonds is 7. The maximum Gasteiger partial charge on any atom is 0.123 e. The van der Waals surface area contributed by atoms with Gasteiger partial charge >= 0.3 is 0 Å². The molecule has 0 aliphatic rings. The summed E-state index contributed by atoms with van der Waals surface area (Å²) in [7, 11) is 0. The normalized spacial score (nSPS) is 13.9. The maximum atomic E-state index is 13.0. The van der Waals surface area contributed by atoms with Crippen LogP contribution in [-0.4, -0.2) is 0 Å². The molecule has 0 amide bonds. The van der Waals surface area contributed by atoms with Gasteiger partial charge in [0.05, 0.1) is 0 Å². The second-order valence-corrected chi connectivity index (χ2v) is 5.55. The van der Waals surface area contributed by atoms with Crippen molar-refractivity contribution in [2.24, 2.45) is 0 Å². The van der Waals surface area contributed by atoms with Crippen molar-refractivity contribution in [2.45, 2.75) is 45.2 Å². The Labute approximate surface area is 127 Å². The van der Waals surface area contributed by atoms with E-state index in [1.54, 1.807) is 0 Å². The molecule has 0 saturated heterocycles. The number of hydrogen-bond acceptors (Lipinski definition) is 1. The smallest absolute Gasteiger partial charge is 0.123 e. The number of nitrogens with one attached hydrogen (secondary N) is 1. The highest BCUT2D eigenvalue weighted by Gasteiger charge is 2.14. The fourth-order valence-corrected chi connectivity index (χ4v) is 2.59. The molecule has 1 N–H and O–H groups in total. The number of halogens is 1. The third-order valence-corrected chi connectivity index (χ3v) is 3.87. The Kier molecular flexibility index (Phi) is 5.94. The summed E-state index contributed by atoms with van der Waals surface area (Å²) in [4.78, 5) is 0. The summed E-state index contributed by atoms with van der Waals surface area (Å²) < 4.78 is 13.0. The standard InChI is InChI=1S/C19H24FN/c1-3-4-10-19(17-8-6-5-7-9-17)21-15(2)16-11-13-18(20)14-12-16/h5-9,11-15,19,21H,3-4,10H2,1-2H3/t15-,19?/m1/s1. The summed E-state index contributed by atoms with van der Waals surface area (Å²) in [5, 5.41) is 3.68. The van der Waals surface area contributed by atoms with Gasteiger partial charge in [-0.1, -0.05) is 62.2 Å². The fourth-order valence-electron chi connectivity index (χ4n) is 2.59. The molecule has 0 radical (unpaired) electrons. The monoisotopic (exact) mass is 285 g/mol. The Morgan fingerprint density at radius 1 is 0.952 bits per heavy atom. The quantitative estimate of drug-likeness (QED) is 0.717. The molecular formula is C19H24FN. The highest BCUT2D eigenvalue weighted by molar-refractivity contribution is 5.22. The Balaban J connectivity index is 2.09. The molecule has 0 aromatic heterocycles. The second-order valence-electron chi connectivity index (χ2n) is 5.55. The van der Waals surface area contributed by atoms with Gasteiger partial charge in [0.25, 0.3) is 0 Å². The van der Waals surface area contributed by atoms with E-state index in [4.69, 9.17) is 0 Å². The molecule has 0 aliphatic carbocycles. The van der Waals surface area contributed by atoms with E-state index < -0.39 is 0 Å². The van der Waals surface area contributed by atoms with Gasteiger partial charge in [-0.05, 0) is 36.6 Å². The van der Waals surface area contributed by atoms with Crippen LogP contribution in [0.2, 0.25) is 0 Å². The first-order valence-corrected chi connectivity index (χ1v) is 7.77. The van der Waals surface area contributed by atoms with E-state index in [0.29, 0.717) is 6.04 Å². The van der Waals surface area contributed by atoms with E-state index in [1.165, 1.54) is 30.5 Å². The van der Waals surface area contributed by atoms with Gasteiger partial charge in [-0.15, -0.1) is 0 Å². The maximum absolute atomic E-state index is 13.0. The molecule has 0 heterocycles. The predicted octanol–water partition coefficient (Wildman–Crippen LogP) is 5.41. The Morgan fingerprint density at radius 3 is 2.24 bits per heavy atom. The van der Waals surface area contributed by atoms with Gasteiger partial charge in [0.1, 0.15) is 5.82 Å². The molecule has 2 atom stereocenters. The van der Waals surface area contributed by atoms with Crippen LogP contribution in [0.25, 0.3) is 0 Å². The average molecular weight is 285 g/mol. The van der Waals surface area contributed by atoms with Gasteiger partial charge in [-0.2, -0.15) is 0 Å². The average Bonchev–Trinajstić information content (AvgIpc) is 2.52. The molecule has 0 fully saturated rings. The zero-order chi connectivity index (χ0) is 15.1. The van der Waals surface area contributed by atoms with E-state index in [0.717, 1.165) is 12.0 Å². The fraction of sp³-hybridized carbons (Fsp3) is 0.368. The summed E-state index contributed by atoms with van der Waals surface area (Å²) in [6, 6.07) is 17.9. The van der Waals surface area contributed by atoms with Crippen molar-refractivity contribution in [3.8, 4) is 0 Å². The van der Waals surface area contributed by atoms with Crippen LogP contribution in [0.5, 0.6) is 0 Å². The van der Waals surface area contributed by atoms with E-state index >= 15 is 0 Å². The lowest BCUT2D eigenvalue weighted by molar-refractivity contribution is 0.431. The zero-order valence-electron chi connectivity index (χ0n) is 12.9.